The highest BCUT2D eigenvalue weighted by atomic mass is 35.5. The summed E-state index contributed by atoms with van der Waals surface area (Å²) in [6.07, 6.45) is 3.32. The van der Waals surface area contributed by atoms with Crippen LogP contribution in [0.1, 0.15) is 33.7 Å². The molecule has 0 unspecified atom stereocenters. The van der Waals surface area contributed by atoms with Crippen molar-refractivity contribution in [3.05, 3.63) is 57.8 Å². The number of carbonyl (C=O) groups excluding carboxylic acids is 1. The van der Waals surface area contributed by atoms with Crippen molar-refractivity contribution in [2.45, 2.75) is 18.9 Å². The first-order valence-electron chi connectivity index (χ1n) is 13.4. The van der Waals surface area contributed by atoms with Crippen LogP contribution in [0.2, 0.25) is 10.0 Å². The van der Waals surface area contributed by atoms with Gasteiger partial charge >= 0.3 is 5.97 Å². The summed E-state index contributed by atoms with van der Waals surface area (Å²) in [5, 5.41) is 10.2. The lowest BCUT2D eigenvalue weighted by Gasteiger charge is -2.35. The van der Waals surface area contributed by atoms with Gasteiger partial charge in [0.15, 0.2) is 0 Å². The number of carboxylic acids is 1. The maximum Gasteiger partial charge on any atom is 0.337 e. The van der Waals surface area contributed by atoms with E-state index >= 15 is 0 Å². The number of nitrogens with zero attached hydrogens (tertiary/aromatic N) is 5. The van der Waals surface area contributed by atoms with E-state index in [-0.39, 0.29) is 44.1 Å². The van der Waals surface area contributed by atoms with Gasteiger partial charge in [-0.05, 0) is 51.2 Å². The second kappa shape index (κ2) is 12.2. The number of anilines is 1. The number of nitrogens with two attached hydrogens (primary N) is 1. The van der Waals surface area contributed by atoms with Gasteiger partial charge in [0.2, 0.25) is 0 Å². The Morgan fingerprint density at radius 3 is 2.21 bits per heavy atom. The molecule has 1 amide bonds. The Morgan fingerprint density at radius 2 is 1.63 bits per heavy atom. The van der Waals surface area contributed by atoms with Gasteiger partial charge in [-0.3, -0.25) is 9.78 Å². The first-order chi connectivity index (χ1) is 20.5. The number of fused-ring (bicyclic) bond motifs is 1. The first-order valence-corrected chi connectivity index (χ1v) is 14.2. The third-order valence-electron chi connectivity index (χ3n) is 7.76. The number of methoxy groups -OCH3 is 2. The Labute approximate surface area is 258 Å². The number of ether oxygens (including phenoxy) is 2. The summed E-state index contributed by atoms with van der Waals surface area (Å²) >= 11 is 13.4. The molecule has 0 saturated carbocycles. The SMILES string of the molecule is COc1cc(OC)c(Cl)c(-c2ccc(C(=O)O)c3ncc(-c4ccc(N(C)C5CCN(C)CC5)nc4C(N)=O)nc23)c1Cl. The quantitative estimate of drug-likeness (QED) is 0.274. The fourth-order valence-electron chi connectivity index (χ4n) is 5.33. The van der Waals surface area contributed by atoms with Crippen molar-refractivity contribution in [1.82, 2.24) is 19.9 Å². The molecule has 0 spiro atoms. The number of rotatable bonds is 8. The molecule has 224 valence electrons. The molecule has 4 aromatic rings. The highest BCUT2D eigenvalue weighted by molar-refractivity contribution is 6.41. The summed E-state index contributed by atoms with van der Waals surface area (Å²) in [7, 11) is 6.95. The minimum absolute atomic E-state index is 0.0148. The lowest BCUT2D eigenvalue weighted by molar-refractivity contribution is 0.0698. The van der Waals surface area contributed by atoms with Crippen molar-refractivity contribution in [3.8, 4) is 33.9 Å². The van der Waals surface area contributed by atoms with Crippen LogP contribution in [0.15, 0.2) is 36.5 Å². The van der Waals surface area contributed by atoms with Crippen LogP contribution in [0.3, 0.4) is 0 Å². The normalized spacial score (nSPS) is 14.1. The summed E-state index contributed by atoms with van der Waals surface area (Å²) in [4.78, 5) is 43.0. The van der Waals surface area contributed by atoms with Crippen LogP contribution in [0, 0.1) is 0 Å². The van der Waals surface area contributed by atoms with E-state index in [0.29, 0.717) is 34.0 Å². The molecule has 0 bridgehead atoms. The smallest absolute Gasteiger partial charge is 0.337 e. The maximum atomic E-state index is 12.7. The van der Waals surface area contributed by atoms with Crippen LogP contribution >= 0.6 is 23.2 Å². The van der Waals surface area contributed by atoms with Crippen LogP contribution in [0.25, 0.3) is 33.4 Å². The summed E-state index contributed by atoms with van der Waals surface area (Å²) in [5.74, 6) is -0.737. The number of carboxylic acid groups (broad SMARTS) is 1. The zero-order chi connectivity index (χ0) is 31.0. The summed E-state index contributed by atoms with van der Waals surface area (Å²) in [6.45, 7) is 1.94. The van der Waals surface area contributed by atoms with Crippen LogP contribution in [0.5, 0.6) is 11.5 Å². The summed E-state index contributed by atoms with van der Waals surface area (Å²) in [6, 6.07) is 8.29. The number of aromatic nitrogens is 3. The fourth-order valence-corrected chi connectivity index (χ4v) is 6.04. The topological polar surface area (TPSA) is 144 Å². The number of pyridine rings is 1. The molecule has 13 heteroatoms. The molecular formula is C30H30Cl2N6O5. The van der Waals surface area contributed by atoms with Gasteiger partial charge in [-0.1, -0.05) is 29.3 Å². The molecule has 1 aliphatic rings. The minimum Gasteiger partial charge on any atom is -0.495 e. The maximum absolute atomic E-state index is 12.7. The van der Waals surface area contributed by atoms with E-state index in [1.54, 1.807) is 24.3 Å². The van der Waals surface area contributed by atoms with E-state index in [0.717, 1.165) is 25.9 Å². The molecule has 43 heavy (non-hydrogen) atoms. The van der Waals surface area contributed by atoms with E-state index in [4.69, 9.17) is 43.4 Å². The molecule has 0 aliphatic carbocycles. The van der Waals surface area contributed by atoms with Crippen LogP contribution < -0.4 is 20.1 Å². The highest BCUT2D eigenvalue weighted by Crippen LogP contribution is 2.47. The lowest BCUT2D eigenvalue weighted by atomic mass is 9.99. The molecule has 1 aliphatic heterocycles. The van der Waals surface area contributed by atoms with E-state index in [1.807, 2.05) is 7.05 Å². The van der Waals surface area contributed by atoms with Gasteiger partial charge in [0.05, 0.1) is 47.2 Å². The number of benzene rings is 2. The Bertz CT molecular complexity index is 1710. The molecule has 2 aromatic carbocycles. The number of carbonyl (C=O) groups is 2. The van der Waals surface area contributed by atoms with Gasteiger partial charge in [-0.25, -0.2) is 14.8 Å². The molecule has 3 heterocycles. The third-order valence-corrected chi connectivity index (χ3v) is 8.51. The second-order valence-corrected chi connectivity index (χ2v) is 11.0. The van der Waals surface area contributed by atoms with Crippen LogP contribution in [-0.2, 0) is 0 Å². The molecule has 0 atom stereocenters. The highest BCUT2D eigenvalue weighted by Gasteiger charge is 2.26. The van der Waals surface area contributed by atoms with E-state index in [9.17, 15) is 14.7 Å². The zero-order valence-corrected chi connectivity index (χ0v) is 25.5. The Morgan fingerprint density at radius 1 is 1.00 bits per heavy atom. The van der Waals surface area contributed by atoms with Gasteiger partial charge in [-0.15, -0.1) is 0 Å². The van der Waals surface area contributed by atoms with Crippen molar-refractivity contribution >= 4 is 51.9 Å². The average molecular weight is 626 g/mol. The van der Waals surface area contributed by atoms with Crippen molar-refractivity contribution in [2.24, 2.45) is 5.73 Å². The Kier molecular flexibility index (Phi) is 8.59. The second-order valence-electron chi connectivity index (χ2n) is 10.3. The number of amides is 1. The number of hydrogen-bond donors (Lipinski definition) is 2. The Hall–Kier alpha value is -4.19. The van der Waals surface area contributed by atoms with Crippen molar-refractivity contribution < 1.29 is 24.2 Å². The minimum atomic E-state index is -1.19. The van der Waals surface area contributed by atoms with Gasteiger partial charge in [0, 0.05) is 35.8 Å². The van der Waals surface area contributed by atoms with Crippen molar-refractivity contribution in [3.63, 3.8) is 0 Å². The molecule has 1 saturated heterocycles. The van der Waals surface area contributed by atoms with E-state index < -0.39 is 11.9 Å². The Balaban J connectivity index is 1.70. The largest absolute Gasteiger partial charge is 0.495 e. The number of likely N-dealkylation sites (tertiary alicyclic amines) is 1. The van der Waals surface area contributed by atoms with Gasteiger partial charge in [0.25, 0.3) is 5.91 Å². The predicted octanol–water partition coefficient (Wildman–Crippen LogP) is 5.01. The molecular weight excluding hydrogens is 595 g/mol. The molecule has 1 fully saturated rings. The molecule has 5 rings (SSSR count). The molecule has 2 aromatic heterocycles. The zero-order valence-electron chi connectivity index (χ0n) is 24.0. The van der Waals surface area contributed by atoms with Crippen LogP contribution in [0.4, 0.5) is 5.82 Å². The summed E-state index contributed by atoms with van der Waals surface area (Å²) in [5.41, 5.74) is 7.31. The fraction of sp³-hybridized carbons (Fsp3) is 0.300. The third kappa shape index (κ3) is 5.63. The molecule has 0 radical (unpaired) electrons. The van der Waals surface area contributed by atoms with Gasteiger partial charge in [0.1, 0.15) is 28.5 Å². The average Bonchev–Trinajstić information content (AvgIpc) is 3.00. The predicted molar refractivity (Wildman–Crippen MR) is 166 cm³/mol. The monoisotopic (exact) mass is 624 g/mol. The van der Waals surface area contributed by atoms with Gasteiger partial charge < -0.3 is 30.1 Å². The number of primary amides is 1. The first kappa shape index (κ1) is 30.3. The number of aromatic carboxylic acids is 1. The number of hydrogen-bond acceptors (Lipinski definition) is 9. The van der Waals surface area contributed by atoms with Crippen LogP contribution in [-0.4, -0.2) is 84.3 Å². The van der Waals surface area contributed by atoms with Crippen molar-refractivity contribution in [1.29, 1.82) is 0 Å². The lowest BCUT2D eigenvalue weighted by Crippen LogP contribution is -2.42. The summed E-state index contributed by atoms with van der Waals surface area (Å²) < 4.78 is 10.9. The standard InChI is InChI=1S/C30H30Cl2N6O5/c1-37-11-9-15(10-12-37)38(2)22-8-7-16(28(36-22)29(33)39)19-14-34-26-18(30(40)41)6-5-17(27(26)35-19)23-24(31)20(42-3)13-21(43-4)25(23)32/h5-8,13-15H,9-12H2,1-4H3,(H2,33,39)(H,40,41). The number of piperidine rings is 1. The van der Waals surface area contributed by atoms with Crippen molar-refractivity contribution in [2.75, 3.05) is 46.3 Å². The number of halogens is 2. The van der Waals surface area contributed by atoms with E-state index in [2.05, 4.69) is 26.8 Å². The molecule has 3 N–H and O–H groups in total. The molecule has 11 nitrogen and oxygen atoms in total. The van der Waals surface area contributed by atoms with E-state index in [1.165, 1.54) is 26.5 Å². The van der Waals surface area contributed by atoms with Gasteiger partial charge in [-0.2, -0.15) is 0 Å².